The Kier molecular flexibility index (Phi) is 5.02. The van der Waals surface area contributed by atoms with E-state index in [2.05, 4.69) is 5.32 Å². The number of rotatable bonds is 5. The van der Waals surface area contributed by atoms with Crippen LogP contribution in [0.25, 0.3) is 0 Å². The summed E-state index contributed by atoms with van der Waals surface area (Å²) in [6.07, 6.45) is 3.68. The van der Waals surface area contributed by atoms with Gasteiger partial charge in [-0.15, -0.1) is 0 Å². The summed E-state index contributed by atoms with van der Waals surface area (Å²) >= 11 is 0. The lowest BCUT2D eigenvalue weighted by Gasteiger charge is -2.28. The van der Waals surface area contributed by atoms with Gasteiger partial charge in [-0.2, -0.15) is 0 Å². The van der Waals surface area contributed by atoms with Gasteiger partial charge < -0.3 is 10.4 Å². The Hall–Kier alpha value is -0.130. The van der Waals surface area contributed by atoms with Crippen molar-refractivity contribution in [1.29, 1.82) is 0 Å². The van der Waals surface area contributed by atoms with Gasteiger partial charge in [-0.3, -0.25) is 0 Å². The molecule has 90 valence electrons. The molecule has 0 heterocycles. The van der Waals surface area contributed by atoms with Crippen LogP contribution in [0.2, 0.25) is 0 Å². The summed E-state index contributed by atoms with van der Waals surface area (Å²) in [7, 11) is -2.88. The van der Waals surface area contributed by atoms with Crippen LogP contribution in [0.1, 0.15) is 32.6 Å². The Bertz CT molecular complexity index is 276. The zero-order valence-corrected chi connectivity index (χ0v) is 10.1. The van der Waals surface area contributed by atoms with Gasteiger partial charge in [0.25, 0.3) is 0 Å². The van der Waals surface area contributed by atoms with E-state index in [1.165, 1.54) is 0 Å². The average molecular weight is 235 g/mol. The highest BCUT2D eigenvalue weighted by atomic mass is 32.2. The molecule has 1 aliphatic rings. The molecule has 1 rings (SSSR count). The monoisotopic (exact) mass is 235 g/mol. The van der Waals surface area contributed by atoms with Crippen molar-refractivity contribution in [3.05, 3.63) is 0 Å². The summed E-state index contributed by atoms with van der Waals surface area (Å²) in [5.41, 5.74) is 0. The lowest BCUT2D eigenvalue weighted by molar-refractivity contribution is 0.0921. The Morgan fingerprint density at radius 1 is 1.33 bits per heavy atom. The lowest BCUT2D eigenvalue weighted by Crippen LogP contribution is -2.43. The first-order valence-electron chi connectivity index (χ1n) is 5.67. The first kappa shape index (κ1) is 12.9. The van der Waals surface area contributed by atoms with Crippen molar-refractivity contribution in [2.24, 2.45) is 0 Å². The van der Waals surface area contributed by atoms with Gasteiger partial charge in [0.05, 0.1) is 11.9 Å². The maximum Gasteiger partial charge on any atom is 0.151 e. The molecule has 0 amide bonds. The molecule has 2 unspecified atom stereocenters. The molecule has 0 aromatic heterocycles. The van der Waals surface area contributed by atoms with Crippen molar-refractivity contribution in [1.82, 2.24) is 5.32 Å². The number of aliphatic hydroxyl groups excluding tert-OH is 1. The van der Waals surface area contributed by atoms with Gasteiger partial charge in [-0.25, -0.2) is 8.42 Å². The van der Waals surface area contributed by atoms with E-state index in [-0.39, 0.29) is 23.7 Å². The second kappa shape index (κ2) is 5.82. The van der Waals surface area contributed by atoms with Gasteiger partial charge in [0, 0.05) is 18.3 Å². The molecule has 0 spiro atoms. The van der Waals surface area contributed by atoms with E-state index in [4.69, 9.17) is 0 Å². The zero-order valence-electron chi connectivity index (χ0n) is 9.28. The molecule has 2 N–H and O–H groups in total. The smallest absolute Gasteiger partial charge is 0.151 e. The fourth-order valence-electron chi connectivity index (χ4n) is 1.89. The molecule has 0 aromatic rings. The molecule has 0 radical (unpaired) electrons. The van der Waals surface area contributed by atoms with Crippen molar-refractivity contribution >= 4 is 9.84 Å². The van der Waals surface area contributed by atoms with Gasteiger partial charge in [0.15, 0.2) is 9.84 Å². The normalized spacial score (nSPS) is 27.9. The molecule has 1 saturated carbocycles. The summed E-state index contributed by atoms with van der Waals surface area (Å²) in [6, 6.07) is 0.0887. The SMILES string of the molecule is CCS(=O)(=O)CCNC1CCCCC1O. The summed E-state index contributed by atoms with van der Waals surface area (Å²) in [4.78, 5) is 0. The topological polar surface area (TPSA) is 66.4 Å². The predicted molar refractivity (Wildman–Crippen MR) is 60.6 cm³/mol. The van der Waals surface area contributed by atoms with Gasteiger partial charge in [-0.05, 0) is 12.8 Å². The maximum atomic E-state index is 11.2. The molecular formula is C10H21NO3S. The fourth-order valence-corrected chi connectivity index (χ4v) is 2.61. The van der Waals surface area contributed by atoms with E-state index in [9.17, 15) is 13.5 Å². The molecule has 2 atom stereocenters. The minimum atomic E-state index is -2.88. The van der Waals surface area contributed by atoms with Crippen LogP contribution in [0.15, 0.2) is 0 Å². The molecule has 4 nitrogen and oxygen atoms in total. The number of hydrogen-bond donors (Lipinski definition) is 2. The molecule has 1 fully saturated rings. The van der Waals surface area contributed by atoms with Crippen molar-refractivity contribution < 1.29 is 13.5 Å². The Labute approximate surface area is 92.0 Å². The number of aliphatic hydroxyl groups is 1. The van der Waals surface area contributed by atoms with Crippen LogP contribution < -0.4 is 5.32 Å². The van der Waals surface area contributed by atoms with Gasteiger partial charge in [0.1, 0.15) is 0 Å². The highest BCUT2D eigenvalue weighted by Crippen LogP contribution is 2.17. The summed E-state index contributed by atoms with van der Waals surface area (Å²) in [6.45, 7) is 2.11. The Balaban J connectivity index is 2.25. The average Bonchev–Trinajstić information content (AvgIpc) is 2.21. The third-order valence-electron chi connectivity index (χ3n) is 2.99. The van der Waals surface area contributed by atoms with Gasteiger partial charge in [-0.1, -0.05) is 19.8 Å². The van der Waals surface area contributed by atoms with Crippen molar-refractivity contribution in [2.75, 3.05) is 18.1 Å². The van der Waals surface area contributed by atoms with Crippen molar-refractivity contribution in [2.45, 2.75) is 44.8 Å². The number of hydrogen-bond acceptors (Lipinski definition) is 4. The van der Waals surface area contributed by atoms with Crippen LogP contribution >= 0.6 is 0 Å². The molecule has 15 heavy (non-hydrogen) atoms. The van der Waals surface area contributed by atoms with Crippen LogP contribution in [0, 0.1) is 0 Å². The minimum Gasteiger partial charge on any atom is -0.392 e. The van der Waals surface area contributed by atoms with Crippen LogP contribution in [0.3, 0.4) is 0 Å². The summed E-state index contributed by atoms with van der Waals surface area (Å²) in [5, 5.41) is 12.8. The molecule has 1 aliphatic carbocycles. The fraction of sp³-hybridized carbons (Fsp3) is 1.00. The molecular weight excluding hydrogens is 214 g/mol. The highest BCUT2D eigenvalue weighted by molar-refractivity contribution is 7.91. The molecule has 0 aliphatic heterocycles. The zero-order chi connectivity index (χ0) is 11.3. The van der Waals surface area contributed by atoms with E-state index >= 15 is 0 Å². The second-order valence-corrected chi connectivity index (χ2v) is 6.62. The van der Waals surface area contributed by atoms with E-state index in [0.717, 1.165) is 25.7 Å². The van der Waals surface area contributed by atoms with E-state index in [1.807, 2.05) is 0 Å². The van der Waals surface area contributed by atoms with Gasteiger partial charge >= 0.3 is 0 Å². The first-order valence-corrected chi connectivity index (χ1v) is 7.49. The molecule has 0 saturated heterocycles. The number of sulfone groups is 1. The minimum absolute atomic E-state index is 0.0887. The Morgan fingerprint density at radius 2 is 2.00 bits per heavy atom. The molecule has 5 heteroatoms. The summed E-state index contributed by atoms with van der Waals surface area (Å²) in [5.74, 6) is 0.370. The Morgan fingerprint density at radius 3 is 2.60 bits per heavy atom. The third-order valence-corrected chi connectivity index (χ3v) is 4.69. The van der Waals surface area contributed by atoms with Crippen LogP contribution in [-0.4, -0.2) is 43.7 Å². The first-order chi connectivity index (χ1) is 7.05. The molecule has 0 aromatic carbocycles. The van der Waals surface area contributed by atoms with Crippen molar-refractivity contribution in [3.8, 4) is 0 Å². The lowest BCUT2D eigenvalue weighted by atomic mass is 9.93. The van der Waals surface area contributed by atoms with E-state index < -0.39 is 9.84 Å². The van der Waals surface area contributed by atoms with Crippen molar-refractivity contribution in [3.63, 3.8) is 0 Å². The second-order valence-electron chi connectivity index (χ2n) is 4.15. The quantitative estimate of drug-likeness (QED) is 0.720. The largest absolute Gasteiger partial charge is 0.392 e. The maximum absolute atomic E-state index is 11.2. The highest BCUT2D eigenvalue weighted by Gasteiger charge is 2.22. The van der Waals surface area contributed by atoms with Gasteiger partial charge in [0.2, 0.25) is 0 Å². The van der Waals surface area contributed by atoms with Crippen LogP contribution in [-0.2, 0) is 9.84 Å². The third kappa shape index (κ3) is 4.49. The predicted octanol–water partition coefficient (Wildman–Crippen LogP) is 0.314. The molecule has 0 bridgehead atoms. The standard InChI is InChI=1S/C10H21NO3S/c1-2-15(13,14)8-7-11-9-5-3-4-6-10(9)12/h9-12H,2-8H2,1H3. The van der Waals surface area contributed by atoms with Crippen LogP contribution in [0.4, 0.5) is 0 Å². The summed E-state index contributed by atoms with van der Waals surface area (Å²) < 4.78 is 22.4. The number of nitrogens with one attached hydrogen (secondary N) is 1. The van der Waals surface area contributed by atoms with E-state index in [0.29, 0.717) is 6.54 Å². The van der Waals surface area contributed by atoms with Crippen LogP contribution in [0.5, 0.6) is 0 Å². The van der Waals surface area contributed by atoms with E-state index in [1.54, 1.807) is 6.92 Å².